The molecule has 7 heteroatoms. The van der Waals surface area contributed by atoms with Gasteiger partial charge in [-0.15, -0.1) is 0 Å². The number of nitrogen functional groups attached to an aromatic ring is 1. The van der Waals surface area contributed by atoms with Crippen LogP contribution in [0.3, 0.4) is 0 Å². The highest BCUT2D eigenvalue weighted by Crippen LogP contribution is 2.33. The summed E-state index contributed by atoms with van der Waals surface area (Å²) in [6.45, 7) is 5.61. The van der Waals surface area contributed by atoms with Gasteiger partial charge in [-0.3, -0.25) is 0 Å². The van der Waals surface area contributed by atoms with Crippen LogP contribution in [0.2, 0.25) is 0 Å². The second kappa shape index (κ2) is 5.05. The van der Waals surface area contributed by atoms with Crippen LogP contribution in [0.5, 0.6) is 0 Å². The predicted octanol–water partition coefficient (Wildman–Crippen LogP) is 3.78. The zero-order valence-electron chi connectivity index (χ0n) is 12.4. The second-order valence-corrected chi connectivity index (χ2v) is 5.88. The summed E-state index contributed by atoms with van der Waals surface area (Å²) in [7, 11) is 0. The van der Waals surface area contributed by atoms with E-state index in [9.17, 15) is 18.4 Å². The van der Waals surface area contributed by atoms with E-state index in [0.29, 0.717) is 5.56 Å². The van der Waals surface area contributed by atoms with E-state index in [2.05, 4.69) is 5.10 Å². The maximum Gasteiger partial charge on any atom is 0.416 e. The van der Waals surface area contributed by atoms with Gasteiger partial charge in [0.15, 0.2) is 0 Å². The summed E-state index contributed by atoms with van der Waals surface area (Å²) in [6, 6.07) is 6.47. The molecule has 0 bridgehead atoms. The first kappa shape index (κ1) is 15.9. The maximum atomic E-state index is 12.6. The Balaban J connectivity index is 2.56. The lowest BCUT2D eigenvalue weighted by atomic mass is 10.1. The van der Waals surface area contributed by atoms with Crippen molar-refractivity contribution in [1.82, 2.24) is 9.78 Å². The van der Waals surface area contributed by atoms with Crippen LogP contribution in [0.15, 0.2) is 24.3 Å². The number of nitriles is 1. The number of halogens is 3. The van der Waals surface area contributed by atoms with Gasteiger partial charge >= 0.3 is 6.18 Å². The highest BCUT2D eigenvalue weighted by molar-refractivity contribution is 5.72. The van der Waals surface area contributed by atoms with Gasteiger partial charge < -0.3 is 5.73 Å². The molecule has 2 N–H and O–H groups in total. The Labute approximate surface area is 126 Å². The molecule has 1 aromatic carbocycles. The molecule has 0 aliphatic carbocycles. The number of nitrogens with zero attached hydrogens (tertiary/aromatic N) is 3. The summed E-state index contributed by atoms with van der Waals surface area (Å²) in [6.07, 6.45) is -4.40. The van der Waals surface area contributed by atoms with Crippen molar-refractivity contribution in [2.24, 2.45) is 0 Å². The number of nitrogens with two attached hydrogens (primary N) is 1. The van der Waals surface area contributed by atoms with Crippen molar-refractivity contribution < 1.29 is 13.2 Å². The zero-order valence-corrected chi connectivity index (χ0v) is 12.4. The molecule has 22 heavy (non-hydrogen) atoms. The van der Waals surface area contributed by atoms with E-state index in [-0.39, 0.29) is 17.1 Å². The largest absolute Gasteiger partial charge is 0.416 e. The smallest absolute Gasteiger partial charge is 0.383 e. The summed E-state index contributed by atoms with van der Waals surface area (Å²) < 4.78 is 39.3. The lowest BCUT2D eigenvalue weighted by Crippen LogP contribution is -2.24. The van der Waals surface area contributed by atoms with Crippen molar-refractivity contribution in [1.29, 1.82) is 5.26 Å². The number of benzene rings is 1. The summed E-state index contributed by atoms with van der Waals surface area (Å²) in [5, 5.41) is 13.6. The molecule has 0 radical (unpaired) electrons. The van der Waals surface area contributed by atoms with Crippen LogP contribution in [0, 0.1) is 11.3 Å². The molecule has 0 spiro atoms. The van der Waals surface area contributed by atoms with Gasteiger partial charge in [0.25, 0.3) is 0 Å². The number of rotatable bonds is 1. The third kappa shape index (κ3) is 2.77. The summed E-state index contributed by atoms with van der Waals surface area (Å²) in [5.74, 6) is 0.199. The number of aromatic nitrogens is 2. The number of hydrogen-bond donors (Lipinski definition) is 1. The quantitative estimate of drug-likeness (QED) is 0.871. The zero-order chi connectivity index (χ0) is 16.7. The van der Waals surface area contributed by atoms with Crippen LogP contribution in [0.25, 0.3) is 11.3 Å². The van der Waals surface area contributed by atoms with Crippen molar-refractivity contribution in [2.45, 2.75) is 32.5 Å². The first-order valence-electron chi connectivity index (χ1n) is 6.52. The van der Waals surface area contributed by atoms with Gasteiger partial charge in [0.2, 0.25) is 0 Å². The molecule has 0 saturated carbocycles. The van der Waals surface area contributed by atoms with Gasteiger partial charge in [0.05, 0.1) is 11.1 Å². The molecule has 1 aromatic heterocycles. The number of anilines is 1. The van der Waals surface area contributed by atoms with Crippen LogP contribution in [-0.4, -0.2) is 9.78 Å². The fourth-order valence-corrected chi connectivity index (χ4v) is 2.07. The molecule has 116 valence electrons. The molecule has 0 unspecified atom stereocenters. The lowest BCUT2D eigenvalue weighted by Gasteiger charge is -2.20. The molecule has 0 aliphatic rings. The van der Waals surface area contributed by atoms with Gasteiger partial charge in [-0.1, -0.05) is 12.1 Å². The molecular formula is C15H15F3N4. The van der Waals surface area contributed by atoms with Crippen molar-refractivity contribution in [3.05, 3.63) is 35.4 Å². The first-order valence-corrected chi connectivity index (χ1v) is 6.52. The van der Waals surface area contributed by atoms with Gasteiger partial charge in [-0.25, -0.2) is 4.68 Å². The monoisotopic (exact) mass is 308 g/mol. The van der Waals surface area contributed by atoms with Gasteiger partial charge in [-0.05, 0) is 32.9 Å². The van der Waals surface area contributed by atoms with Gasteiger partial charge in [0, 0.05) is 5.56 Å². The van der Waals surface area contributed by atoms with Crippen LogP contribution in [0.4, 0.5) is 19.0 Å². The molecule has 2 aromatic rings. The average molecular weight is 308 g/mol. The Hall–Kier alpha value is -2.49. The molecule has 0 amide bonds. The molecule has 0 aliphatic heterocycles. The Bertz CT molecular complexity index is 728. The Kier molecular flexibility index (Phi) is 3.65. The minimum atomic E-state index is -4.40. The predicted molar refractivity (Wildman–Crippen MR) is 76.8 cm³/mol. The Morgan fingerprint density at radius 2 is 1.68 bits per heavy atom. The van der Waals surface area contributed by atoms with E-state index in [4.69, 9.17) is 5.73 Å². The molecule has 0 fully saturated rings. The number of hydrogen-bond acceptors (Lipinski definition) is 3. The third-order valence-corrected chi connectivity index (χ3v) is 3.15. The Morgan fingerprint density at radius 1 is 1.14 bits per heavy atom. The minimum Gasteiger partial charge on any atom is -0.383 e. The summed E-state index contributed by atoms with van der Waals surface area (Å²) >= 11 is 0. The van der Waals surface area contributed by atoms with E-state index in [0.717, 1.165) is 12.1 Å². The van der Waals surface area contributed by atoms with Crippen LogP contribution < -0.4 is 5.73 Å². The van der Waals surface area contributed by atoms with Crippen molar-refractivity contribution >= 4 is 5.82 Å². The van der Waals surface area contributed by atoms with Crippen LogP contribution in [0.1, 0.15) is 31.9 Å². The first-order chi connectivity index (χ1) is 10.1. The van der Waals surface area contributed by atoms with Crippen LogP contribution in [-0.2, 0) is 11.7 Å². The molecule has 2 rings (SSSR count). The normalized spacial score (nSPS) is 12.2. The third-order valence-electron chi connectivity index (χ3n) is 3.15. The van der Waals surface area contributed by atoms with Crippen molar-refractivity contribution in [3.8, 4) is 17.3 Å². The Morgan fingerprint density at radius 3 is 2.09 bits per heavy atom. The summed E-state index contributed by atoms with van der Waals surface area (Å²) in [4.78, 5) is 0. The fourth-order valence-electron chi connectivity index (χ4n) is 2.07. The standard InChI is InChI=1S/C15H15F3N4/c1-14(2,3)22-13(20)11(8-19)12(21-22)9-4-6-10(7-5-9)15(16,17)18/h4-7H,20H2,1-3H3. The summed E-state index contributed by atoms with van der Waals surface area (Å²) in [5.41, 5.74) is 5.60. The SMILES string of the molecule is CC(C)(C)n1nc(-c2ccc(C(F)(F)F)cc2)c(C#N)c1N. The average Bonchev–Trinajstić information content (AvgIpc) is 2.74. The molecule has 0 atom stereocenters. The molecule has 4 nitrogen and oxygen atoms in total. The van der Waals surface area contributed by atoms with Gasteiger partial charge in [0.1, 0.15) is 23.1 Å². The van der Waals surface area contributed by atoms with E-state index >= 15 is 0 Å². The molecule has 0 saturated heterocycles. The van der Waals surface area contributed by atoms with Crippen molar-refractivity contribution in [2.75, 3.05) is 5.73 Å². The van der Waals surface area contributed by atoms with E-state index < -0.39 is 17.3 Å². The number of alkyl halides is 3. The van der Waals surface area contributed by atoms with E-state index in [1.807, 2.05) is 26.8 Å². The van der Waals surface area contributed by atoms with E-state index in [1.54, 1.807) is 0 Å². The highest BCUT2D eigenvalue weighted by Gasteiger charge is 2.30. The minimum absolute atomic E-state index is 0.162. The maximum absolute atomic E-state index is 12.6. The highest BCUT2D eigenvalue weighted by atomic mass is 19.4. The van der Waals surface area contributed by atoms with Gasteiger partial charge in [-0.2, -0.15) is 23.5 Å². The second-order valence-electron chi connectivity index (χ2n) is 5.88. The van der Waals surface area contributed by atoms with Crippen LogP contribution >= 0.6 is 0 Å². The van der Waals surface area contributed by atoms with E-state index in [1.165, 1.54) is 16.8 Å². The molecular weight excluding hydrogens is 293 g/mol. The van der Waals surface area contributed by atoms with Crippen molar-refractivity contribution in [3.63, 3.8) is 0 Å². The topological polar surface area (TPSA) is 67.6 Å². The molecule has 1 heterocycles. The fraction of sp³-hybridized carbons (Fsp3) is 0.333. The lowest BCUT2D eigenvalue weighted by molar-refractivity contribution is -0.137.